The molecule has 1 aliphatic heterocycles. The van der Waals surface area contributed by atoms with Gasteiger partial charge in [-0.3, -0.25) is 4.98 Å². The Balaban J connectivity index is 1.82. The zero-order chi connectivity index (χ0) is 10.1. The van der Waals surface area contributed by atoms with Gasteiger partial charge in [0.25, 0.3) is 0 Å². The Labute approximate surface area is 89.7 Å². The molecule has 1 aromatic heterocycles. The Bertz CT molecular complexity index is 374. The molecule has 2 aliphatic rings. The molecule has 0 spiro atoms. The minimum Gasteiger partial charge on any atom is -0.302 e. The largest absolute Gasteiger partial charge is 0.302 e. The first kappa shape index (κ1) is 8.86. The number of hydrogen-bond acceptors (Lipinski definition) is 2. The molecule has 0 amide bonds. The molecular formula is C13H14N2. The van der Waals surface area contributed by atoms with Crippen LogP contribution >= 0.6 is 0 Å². The predicted octanol–water partition coefficient (Wildman–Crippen LogP) is 2.23. The van der Waals surface area contributed by atoms with Crippen LogP contribution in [0.4, 0.5) is 0 Å². The van der Waals surface area contributed by atoms with Gasteiger partial charge in [0.05, 0.1) is 11.7 Å². The lowest BCUT2D eigenvalue weighted by atomic mass is 9.94. The van der Waals surface area contributed by atoms with Crippen molar-refractivity contribution < 1.29 is 0 Å². The highest BCUT2D eigenvalue weighted by molar-refractivity contribution is 5.23. The maximum Gasteiger partial charge on any atom is 0.0573 e. The molecule has 1 saturated heterocycles. The maximum absolute atomic E-state index is 4.41. The van der Waals surface area contributed by atoms with Gasteiger partial charge in [-0.15, -0.1) is 0 Å². The molecule has 0 aromatic carbocycles. The SMILES string of the molecule is C1=CC2CC(c3ccccn3)NC2C=C1. The summed E-state index contributed by atoms with van der Waals surface area (Å²) in [5.41, 5.74) is 1.16. The first-order valence-corrected chi connectivity index (χ1v) is 5.45. The van der Waals surface area contributed by atoms with Crippen molar-refractivity contribution in [2.75, 3.05) is 0 Å². The number of pyridine rings is 1. The molecule has 3 unspecified atom stereocenters. The molecule has 15 heavy (non-hydrogen) atoms. The van der Waals surface area contributed by atoms with E-state index < -0.39 is 0 Å². The Morgan fingerprint density at radius 3 is 2.93 bits per heavy atom. The van der Waals surface area contributed by atoms with E-state index in [1.807, 2.05) is 12.3 Å². The standard InChI is InChI=1S/C13H14N2/c1-2-6-11-10(5-1)9-13(15-11)12-7-3-4-8-14-12/h1-8,10-11,13,15H,9H2. The summed E-state index contributed by atoms with van der Waals surface area (Å²) in [6.45, 7) is 0. The molecule has 2 heterocycles. The molecule has 1 fully saturated rings. The van der Waals surface area contributed by atoms with Gasteiger partial charge in [-0.2, -0.15) is 0 Å². The highest BCUT2D eigenvalue weighted by Gasteiger charge is 2.32. The smallest absolute Gasteiger partial charge is 0.0573 e. The summed E-state index contributed by atoms with van der Waals surface area (Å²) in [6, 6.07) is 7.03. The lowest BCUT2D eigenvalue weighted by molar-refractivity contribution is 0.592. The first-order valence-electron chi connectivity index (χ1n) is 5.45. The van der Waals surface area contributed by atoms with Gasteiger partial charge in [0.1, 0.15) is 0 Å². The quantitative estimate of drug-likeness (QED) is 0.748. The van der Waals surface area contributed by atoms with Gasteiger partial charge in [0.2, 0.25) is 0 Å². The van der Waals surface area contributed by atoms with E-state index in [-0.39, 0.29) is 0 Å². The predicted molar refractivity (Wildman–Crippen MR) is 60.3 cm³/mol. The molecule has 1 aliphatic carbocycles. The number of nitrogens with one attached hydrogen (secondary N) is 1. The molecule has 3 rings (SSSR count). The van der Waals surface area contributed by atoms with Gasteiger partial charge in [-0.05, 0) is 24.5 Å². The number of aromatic nitrogens is 1. The van der Waals surface area contributed by atoms with Gasteiger partial charge in [0.15, 0.2) is 0 Å². The van der Waals surface area contributed by atoms with Gasteiger partial charge < -0.3 is 5.32 Å². The highest BCUT2D eigenvalue weighted by atomic mass is 15.0. The fourth-order valence-electron chi connectivity index (χ4n) is 2.42. The second kappa shape index (κ2) is 3.63. The monoisotopic (exact) mass is 198 g/mol. The third-order valence-electron chi connectivity index (χ3n) is 3.20. The minimum absolute atomic E-state index is 0.411. The summed E-state index contributed by atoms with van der Waals surface area (Å²) < 4.78 is 0. The summed E-state index contributed by atoms with van der Waals surface area (Å²) in [5.74, 6) is 0.641. The highest BCUT2D eigenvalue weighted by Crippen LogP contribution is 2.32. The molecule has 3 atom stereocenters. The van der Waals surface area contributed by atoms with E-state index >= 15 is 0 Å². The fraction of sp³-hybridized carbons (Fsp3) is 0.308. The summed E-state index contributed by atoms with van der Waals surface area (Å²) in [5, 5.41) is 3.61. The molecule has 0 saturated carbocycles. The third kappa shape index (κ3) is 1.61. The Hall–Kier alpha value is -1.41. The van der Waals surface area contributed by atoms with Crippen molar-refractivity contribution in [3.63, 3.8) is 0 Å². The first-order chi connectivity index (χ1) is 7.43. The molecule has 0 bridgehead atoms. The summed E-state index contributed by atoms with van der Waals surface area (Å²) in [4.78, 5) is 4.41. The van der Waals surface area contributed by atoms with E-state index in [9.17, 15) is 0 Å². The zero-order valence-corrected chi connectivity index (χ0v) is 8.51. The van der Waals surface area contributed by atoms with Crippen molar-refractivity contribution in [2.45, 2.75) is 18.5 Å². The van der Waals surface area contributed by atoms with E-state index in [1.54, 1.807) is 0 Å². The second-order valence-electron chi connectivity index (χ2n) is 4.17. The number of fused-ring (bicyclic) bond motifs is 1. The molecular weight excluding hydrogens is 184 g/mol. The van der Waals surface area contributed by atoms with Gasteiger partial charge in [0, 0.05) is 12.2 Å². The molecule has 76 valence electrons. The van der Waals surface area contributed by atoms with Gasteiger partial charge in [-0.1, -0.05) is 30.4 Å². The number of rotatable bonds is 1. The molecule has 2 nitrogen and oxygen atoms in total. The average molecular weight is 198 g/mol. The summed E-state index contributed by atoms with van der Waals surface area (Å²) in [6.07, 6.45) is 11.8. The van der Waals surface area contributed by atoms with Crippen molar-refractivity contribution in [3.05, 3.63) is 54.4 Å². The Morgan fingerprint density at radius 1 is 1.20 bits per heavy atom. The number of allylic oxidation sites excluding steroid dienone is 2. The summed E-state index contributed by atoms with van der Waals surface area (Å²) in [7, 11) is 0. The van der Waals surface area contributed by atoms with Crippen LogP contribution in [-0.4, -0.2) is 11.0 Å². The lowest BCUT2D eigenvalue weighted by Gasteiger charge is -2.14. The van der Waals surface area contributed by atoms with Crippen LogP contribution in [-0.2, 0) is 0 Å². The molecule has 1 N–H and O–H groups in total. The van der Waals surface area contributed by atoms with Crippen molar-refractivity contribution in [1.82, 2.24) is 10.3 Å². The van der Waals surface area contributed by atoms with Gasteiger partial charge >= 0.3 is 0 Å². The van der Waals surface area contributed by atoms with E-state index in [0.717, 1.165) is 12.1 Å². The van der Waals surface area contributed by atoms with Crippen molar-refractivity contribution in [2.24, 2.45) is 5.92 Å². The maximum atomic E-state index is 4.41. The van der Waals surface area contributed by atoms with Crippen LogP contribution in [0.15, 0.2) is 48.7 Å². The van der Waals surface area contributed by atoms with Crippen molar-refractivity contribution >= 4 is 0 Å². The second-order valence-corrected chi connectivity index (χ2v) is 4.17. The van der Waals surface area contributed by atoms with E-state index in [1.165, 1.54) is 0 Å². The minimum atomic E-state index is 0.411. The van der Waals surface area contributed by atoms with Gasteiger partial charge in [-0.25, -0.2) is 0 Å². The van der Waals surface area contributed by atoms with Crippen LogP contribution in [0.3, 0.4) is 0 Å². The van der Waals surface area contributed by atoms with Crippen LogP contribution in [0.1, 0.15) is 18.2 Å². The third-order valence-corrected chi connectivity index (χ3v) is 3.20. The molecule has 1 aromatic rings. The summed E-state index contributed by atoms with van der Waals surface area (Å²) >= 11 is 0. The Kier molecular flexibility index (Phi) is 2.14. The van der Waals surface area contributed by atoms with Crippen LogP contribution in [0.5, 0.6) is 0 Å². The lowest BCUT2D eigenvalue weighted by Crippen LogP contribution is -2.26. The van der Waals surface area contributed by atoms with Crippen LogP contribution in [0, 0.1) is 5.92 Å². The topological polar surface area (TPSA) is 24.9 Å². The Morgan fingerprint density at radius 2 is 2.13 bits per heavy atom. The number of nitrogens with zero attached hydrogens (tertiary/aromatic N) is 1. The fourth-order valence-corrected chi connectivity index (χ4v) is 2.42. The normalized spacial score (nSPS) is 32.9. The molecule has 0 radical (unpaired) electrons. The van der Waals surface area contributed by atoms with Crippen LogP contribution in [0.25, 0.3) is 0 Å². The van der Waals surface area contributed by atoms with Crippen LogP contribution < -0.4 is 5.32 Å². The number of hydrogen-bond donors (Lipinski definition) is 1. The van der Waals surface area contributed by atoms with Crippen molar-refractivity contribution in [1.29, 1.82) is 0 Å². The average Bonchev–Trinajstić information content (AvgIpc) is 2.74. The van der Waals surface area contributed by atoms with E-state index in [2.05, 4.69) is 46.7 Å². The van der Waals surface area contributed by atoms with Crippen LogP contribution in [0.2, 0.25) is 0 Å². The zero-order valence-electron chi connectivity index (χ0n) is 8.51. The van der Waals surface area contributed by atoms with Crippen molar-refractivity contribution in [3.8, 4) is 0 Å². The van der Waals surface area contributed by atoms with E-state index in [0.29, 0.717) is 18.0 Å². The molecule has 2 heteroatoms. The van der Waals surface area contributed by atoms with E-state index in [4.69, 9.17) is 0 Å².